The van der Waals surface area contributed by atoms with Crippen LogP contribution in [0.4, 0.5) is 4.39 Å². The second-order valence-electron chi connectivity index (χ2n) is 1.61. The van der Waals surface area contributed by atoms with E-state index in [0.29, 0.717) is 0 Å². The van der Waals surface area contributed by atoms with E-state index in [9.17, 15) is 8.60 Å². The lowest BCUT2D eigenvalue weighted by molar-refractivity contribution is 0.112. The molecule has 0 amide bonds. The van der Waals surface area contributed by atoms with Crippen molar-refractivity contribution in [1.29, 1.82) is 0 Å². The van der Waals surface area contributed by atoms with Crippen molar-refractivity contribution < 1.29 is 13.4 Å². The van der Waals surface area contributed by atoms with E-state index in [-0.39, 0.29) is 11.7 Å². The lowest BCUT2D eigenvalue weighted by atomic mass is 10.8. The minimum absolute atomic E-state index is 0.191. The first kappa shape index (κ1) is 6.67. The van der Waals surface area contributed by atoms with E-state index in [4.69, 9.17) is 0 Å². The Bertz CT molecular complexity index is 170. The average molecular weight is 151 g/mol. The molecular weight excluding hydrogens is 145 g/mol. The van der Waals surface area contributed by atoms with Gasteiger partial charge in [-0.05, 0) is 6.92 Å². The number of alkyl halides is 1. The van der Waals surface area contributed by atoms with E-state index in [0.717, 1.165) is 0 Å². The van der Waals surface area contributed by atoms with Gasteiger partial charge in [-0.25, -0.2) is 8.60 Å². The summed E-state index contributed by atoms with van der Waals surface area (Å²) in [6, 6.07) is 0. The molecule has 5 heteroatoms. The summed E-state index contributed by atoms with van der Waals surface area (Å²) in [6.45, 7) is 1.28. The first-order chi connectivity index (χ1) is 4.22. The quantitative estimate of drug-likeness (QED) is 0.502. The summed E-state index contributed by atoms with van der Waals surface area (Å²) < 4.78 is 23.0. The van der Waals surface area contributed by atoms with Crippen molar-refractivity contribution in [3.8, 4) is 0 Å². The highest BCUT2D eigenvalue weighted by atomic mass is 32.2. The van der Waals surface area contributed by atoms with Crippen LogP contribution in [0.5, 0.6) is 0 Å². The largest absolute Gasteiger partial charge is 0.391 e. The van der Waals surface area contributed by atoms with Gasteiger partial charge in [-0.2, -0.15) is 0 Å². The Morgan fingerprint density at radius 2 is 2.67 bits per heavy atom. The standard InChI is InChI=1S/C4H6FNO2S/c1-3-6-8-2-4(5)9(3)7/h4H,2H2,1H3. The van der Waals surface area contributed by atoms with E-state index in [2.05, 4.69) is 9.99 Å². The fourth-order valence-corrected chi connectivity index (χ4v) is 1.15. The summed E-state index contributed by atoms with van der Waals surface area (Å²) in [4.78, 5) is 4.38. The summed E-state index contributed by atoms with van der Waals surface area (Å²) in [5.74, 6) is 0. The number of rotatable bonds is 0. The summed E-state index contributed by atoms with van der Waals surface area (Å²) in [5.41, 5.74) is -1.40. The number of hydrogen-bond donors (Lipinski definition) is 0. The third kappa shape index (κ3) is 1.27. The van der Waals surface area contributed by atoms with Crippen LogP contribution >= 0.6 is 0 Å². The van der Waals surface area contributed by atoms with Crippen LogP contribution in [0.15, 0.2) is 5.16 Å². The third-order valence-corrected chi connectivity index (χ3v) is 2.18. The van der Waals surface area contributed by atoms with Gasteiger partial charge in [-0.15, -0.1) is 0 Å². The highest BCUT2D eigenvalue weighted by Crippen LogP contribution is 2.07. The molecule has 2 unspecified atom stereocenters. The van der Waals surface area contributed by atoms with Crippen molar-refractivity contribution in [2.45, 2.75) is 12.4 Å². The van der Waals surface area contributed by atoms with Crippen LogP contribution in [-0.2, 0) is 15.6 Å². The molecule has 0 aliphatic carbocycles. The highest BCUT2D eigenvalue weighted by Gasteiger charge is 2.23. The minimum atomic E-state index is -1.57. The Hall–Kier alpha value is -0.450. The Kier molecular flexibility index (Phi) is 1.80. The smallest absolute Gasteiger partial charge is 0.216 e. The third-order valence-electron chi connectivity index (χ3n) is 0.922. The molecule has 0 radical (unpaired) electrons. The number of halogens is 1. The van der Waals surface area contributed by atoms with Crippen LogP contribution in [-0.4, -0.2) is 21.4 Å². The Morgan fingerprint density at radius 3 is 3.11 bits per heavy atom. The van der Waals surface area contributed by atoms with E-state index >= 15 is 0 Å². The molecule has 0 bridgehead atoms. The van der Waals surface area contributed by atoms with Crippen molar-refractivity contribution in [2.24, 2.45) is 5.16 Å². The number of oxime groups is 1. The molecule has 1 heterocycles. The Balaban J connectivity index is 2.74. The van der Waals surface area contributed by atoms with Crippen molar-refractivity contribution in [2.75, 3.05) is 6.61 Å². The molecule has 0 N–H and O–H groups in total. The van der Waals surface area contributed by atoms with E-state index in [1.807, 2.05) is 0 Å². The lowest BCUT2D eigenvalue weighted by Gasteiger charge is -2.11. The van der Waals surface area contributed by atoms with Gasteiger partial charge in [-0.1, -0.05) is 5.16 Å². The molecule has 52 valence electrons. The fourth-order valence-electron chi connectivity index (χ4n) is 0.470. The maximum atomic E-state index is 12.3. The van der Waals surface area contributed by atoms with Crippen molar-refractivity contribution in [3.63, 3.8) is 0 Å². The van der Waals surface area contributed by atoms with Gasteiger partial charge < -0.3 is 4.84 Å². The number of nitrogens with zero attached hydrogens (tertiary/aromatic N) is 1. The van der Waals surface area contributed by atoms with Crippen LogP contribution in [0, 0.1) is 0 Å². The molecule has 1 aliphatic heterocycles. The summed E-state index contributed by atoms with van der Waals surface area (Å²) >= 11 is 0. The van der Waals surface area contributed by atoms with E-state index in [1.165, 1.54) is 6.92 Å². The molecule has 0 aromatic heterocycles. The normalized spacial score (nSPS) is 35.1. The highest BCUT2D eigenvalue weighted by molar-refractivity contribution is 8.01. The SMILES string of the molecule is CC1=NOCC(F)S1=O. The van der Waals surface area contributed by atoms with Gasteiger partial charge in [0.1, 0.15) is 15.8 Å². The van der Waals surface area contributed by atoms with Crippen LogP contribution in [0.3, 0.4) is 0 Å². The molecule has 3 nitrogen and oxygen atoms in total. The summed E-state index contributed by atoms with van der Waals surface area (Å²) in [7, 11) is -1.57. The zero-order valence-electron chi connectivity index (χ0n) is 4.83. The minimum Gasteiger partial charge on any atom is -0.391 e. The Labute approximate surface area is 54.3 Å². The van der Waals surface area contributed by atoms with Gasteiger partial charge in [0.05, 0.1) is 0 Å². The molecule has 2 atom stereocenters. The molecular formula is C4H6FNO2S. The van der Waals surface area contributed by atoms with E-state index in [1.54, 1.807) is 0 Å². The van der Waals surface area contributed by atoms with Gasteiger partial charge in [0.25, 0.3) is 0 Å². The molecule has 0 spiro atoms. The second-order valence-corrected chi connectivity index (χ2v) is 3.31. The average Bonchev–Trinajstić information content (AvgIpc) is 1.83. The predicted molar refractivity (Wildman–Crippen MR) is 32.1 cm³/mol. The zero-order valence-corrected chi connectivity index (χ0v) is 5.65. The molecule has 0 aromatic carbocycles. The molecule has 0 aromatic rings. The van der Waals surface area contributed by atoms with Gasteiger partial charge in [0.2, 0.25) is 5.50 Å². The topological polar surface area (TPSA) is 38.7 Å². The Morgan fingerprint density at radius 1 is 2.00 bits per heavy atom. The van der Waals surface area contributed by atoms with Gasteiger partial charge in [0, 0.05) is 0 Å². The van der Waals surface area contributed by atoms with E-state index < -0.39 is 16.3 Å². The maximum absolute atomic E-state index is 12.3. The molecule has 1 aliphatic rings. The maximum Gasteiger partial charge on any atom is 0.216 e. The molecule has 1 rings (SSSR count). The molecule has 0 fully saturated rings. The lowest BCUT2D eigenvalue weighted by Crippen LogP contribution is -2.25. The molecule has 0 saturated heterocycles. The first-order valence-electron chi connectivity index (χ1n) is 2.43. The molecule has 0 saturated carbocycles. The zero-order chi connectivity index (χ0) is 6.85. The predicted octanol–water partition coefficient (Wildman–Crippen LogP) is 0.394. The first-order valence-corrected chi connectivity index (χ1v) is 3.64. The van der Waals surface area contributed by atoms with Crippen molar-refractivity contribution >= 4 is 15.8 Å². The molecule has 9 heavy (non-hydrogen) atoms. The number of hydrogen-bond acceptors (Lipinski definition) is 3. The fraction of sp³-hybridized carbons (Fsp3) is 0.750. The van der Waals surface area contributed by atoms with Gasteiger partial charge in [0.15, 0.2) is 6.61 Å². The van der Waals surface area contributed by atoms with Crippen LogP contribution < -0.4 is 0 Å². The van der Waals surface area contributed by atoms with Gasteiger partial charge in [-0.3, -0.25) is 0 Å². The van der Waals surface area contributed by atoms with Crippen LogP contribution in [0.1, 0.15) is 6.92 Å². The van der Waals surface area contributed by atoms with Gasteiger partial charge >= 0.3 is 0 Å². The second kappa shape index (κ2) is 2.43. The van der Waals surface area contributed by atoms with Crippen molar-refractivity contribution in [1.82, 2.24) is 0 Å². The monoisotopic (exact) mass is 151 g/mol. The van der Waals surface area contributed by atoms with Crippen molar-refractivity contribution in [3.05, 3.63) is 0 Å². The summed E-state index contributed by atoms with van der Waals surface area (Å²) in [6.07, 6.45) is 0. The summed E-state index contributed by atoms with van der Waals surface area (Å²) in [5, 5.41) is 3.55. The van der Waals surface area contributed by atoms with Crippen LogP contribution in [0.25, 0.3) is 0 Å². The van der Waals surface area contributed by atoms with Crippen LogP contribution in [0.2, 0.25) is 0 Å².